The Morgan fingerprint density at radius 3 is 1.88 bits per heavy atom. The van der Waals surface area contributed by atoms with E-state index in [1.54, 1.807) is 29.8 Å². The van der Waals surface area contributed by atoms with E-state index >= 15 is 0 Å². The number of aromatic nitrogens is 2. The zero-order valence-electron chi connectivity index (χ0n) is 13.7. The van der Waals surface area contributed by atoms with Gasteiger partial charge in [-0.05, 0) is 24.3 Å². The fourth-order valence-corrected chi connectivity index (χ4v) is 4.26. The predicted octanol–water partition coefficient (Wildman–Crippen LogP) is 5.53. The molecule has 0 saturated carbocycles. The highest BCUT2D eigenvalue weighted by Gasteiger charge is 2.09. The van der Waals surface area contributed by atoms with E-state index in [2.05, 4.69) is 22.9 Å². The molecule has 25 heavy (non-hydrogen) atoms. The van der Waals surface area contributed by atoms with Crippen LogP contribution in [0.25, 0.3) is 22.5 Å². The maximum Gasteiger partial charge on any atom is 0.118 e. The number of ether oxygens (including phenoxy) is 1. The van der Waals surface area contributed by atoms with Crippen LogP contribution in [0.2, 0.25) is 0 Å². The molecular weight excluding hydrogens is 348 g/mol. The number of hydrogen-bond donors (Lipinski definition) is 0. The van der Waals surface area contributed by atoms with Gasteiger partial charge in [-0.15, -0.1) is 22.7 Å². The summed E-state index contributed by atoms with van der Waals surface area (Å²) in [5, 5.41) is 6.39. The summed E-state index contributed by atoms with van der Waals surface area (Å²) in [5.74, 6) is 0.857. The van der Waals surface area contributed by atoms with Crippen molar-refractivity contribution in [3.05, 3.63) is 75.4 Å². The number of thiazole rings is 2. The van der Waals surface area contributed by atoms with Crippen LogP contribution in [0.1, 0.15) is 10.0 Å². The van der Waals surface area contributed by atoms with Crippen molar-refractivity contribution in [3.63, 3.8) is 0 Å². The standard InChI is InChI=1S/C20H16N2OS2/c1-23-16-9-7-15(8-10-16)18-13-25-20(22-18)11-19-21-17(12-24-19)14-5-3-2-4-6-14/h2-10,12-13H,11H2,1H3. The van der Waals surface area contributed by atoms with Gasteiger partial charge in [-0.2, -0.15) is 0 Å². The van der Waals surface area contributed by atoms with Crippen LogP contribution in [0.4, 0.5) is 0 Å². The molecule has 0 N–H and O–H groups in total. The molecule has 0 bridgehead atoms. The fraction of sp³-hybridized carbons (Fsp3) is 0.100. The van der Waals surface area contributed by atoms with E-state index in [1.165, 1.54) is 0 Å². The highest BCUT2D eigenvalue weighted by atomic mass is 32.1. The molecule has 0 aliphatic heterocycles. The van der Waals surface area contributed by atoms with Crippen LogP contribution in [0, 0.1) is 0 Å². The monoisotopic (exact) mass is 364 g/mol. The second-order valence-electron chi connectivity index (χ2n) is 5.52. The van der Waals surface area contributed by atoms with Crippen LogP contribution in [0.15, 0.2) is 65.4 Å². The van der Waals surface area contributed by atoms with Crippen molar-refractivity contribution < 1.29 is 4.74 Å². The molecule has 0 spiro atoms. The summed E-state index contributed by atoms with van der Waals surface area (Å²) in [6.07, 6.45) is 0.776. The number of nitrogens with zero attached hydrogens (tertiary/aromatic N) is 2. The van der Waals surface area contributed by atoms with Crippen LogP contribution < -0.4 is 4.74 Å². The summed E-state index contributed by atoms with van der Waals surface area (Å²) in [6.45, 7) is 0. The molecule has 3 nitrogen and oxygen atoms in total. The Kier molecular flexibility index (Phi) is 4.59. The van der Waals surface area contributed by atoms with Crippen molar-refractivity contribution in [3.8, 4) is 28.3 Å². The lowest BCUT2D eigenvalue weighted by molar-refractivity contribution is 0.415. The lowest BCUT2D eigenvalue weighted by atomic mass is 10.2. The molecule has 0 saturated heterocycles. The van der Waals surface area contributed by atoms with E-state index in [9.17, 15) is 0 Å². The summed E-state index contributed by atoms with van der Waals surface area (Å²) >= 11 is 3.37. The molecule has 0 unspecified atom stereocenters. The van der Waals surface area contributed by atoms with Crippen LogP contribution in [0.3, 0.4) is 0 Å². The van der Waals surface area contributed by atoms with Crippen LogP contribution in [-0.4, -0.2) is 17.1 Å². The van der Waals surface area contributed by atoms with Gasteiger partial charge in [0.05, 0.1) is 24.9 Å². The average molecular weight is 364 g/mol. The third kappa shape index (κ3) is 3.62. The van der Waals surface area contributed by atoms with Gasteiger partial charge < -0.3 is 4.74 Å². The molecule has 2 aromatic heterocycles. The summed E-state index contributed by atoms with van der Waals surface area (Å²) in [7, 11) is 1.67. The Balaban J connectivity index is 1.50. The van der Waals surface area contributed by atoms with Crippen molar-refractivity contribution in [1.29, 1.82) is 0 Å². The minimum atomic E-state index is 0.776. The second-order valence-corrected chi connectivity index (χ2v) is 7.41. The third-order valence-electron chi connectivity index (χ3n) is 3.86. The van der Waals surface area contributed by atoms with Crippen molar-refractivity contribution >= 4 is 22.7 Å². The molecule has 124 valence electrons. The second kappa shape index (κ2) is 7.17. The first kappa shape index (κ1) is 16.0. The van der Waals surface area contributed by atoms with Crippen molar-refractivity contribution in [2.24, 2.45) is 0 Å². The number of benzene rings is 2. The average Bonchev–Trinajstić information content (AvgIpc) is 3.33. The van der Waals surface area contributed by atoms with E-state index < -0.39 is 0 Å². The maximum absolute atomic E-state index is 5.20. The number of hydrogen-bond acceptors (Lipinski definition) is 5. The highest BCUT2D eigenvalue weighted by Crippen LogP contribution is 2.27. The zero-order chi connectivity index (χ0) is 17.1. The van der Waals surface area contributed by atoms with E-state index in [0.717, 1.165) is 44.7 Å². The summed E-state index contributed by atoms with van der Waals surface area (Å²) < 4.78 is 5.20. The van der Waals surface area contributed by atoms with Gasteiger partial charge in [0, 0.05) is 21.9 Å². The molecule has 2 aromatic carbocycles. The van der Waals surface area contributed by atoms with Gasteiger partial charge in [0.25, 0.3) is 0 Å². The maximum atomic E-state index is 5.20. The van der Waals surface area contributed by atoms with Crippen LogP contribution in [-0.2, 0) is 6.42 Å². The lowest BCUT2D eigenvalue weighted by Crippen LogP contribution is -1.88. The lowest BCUT2D eigenvalue weighted by Gasteiger charge is -2.00. The summed E-state index contributed by atoms with van der Waals surface area (Å²) in [5.41, 5.74) is 4.30. The van der Waals surface area contributed by atoms with Gasteiger partial charge in [-0.1, -0.05) is 30.3 Å². The van der Waals surface area contributed by atoms with E-state index in [4.69, 9.17) is 14.7 Å². The Labute approximate surface area is 154 Å². The predicted molar refractivity (Wildman–Crippen MR) is 104 cm³/mol. The molecule has 5 heteroatoms. The minimum Gasteiger partial charge on any atom is -0.497 e. The molecule has 0 fully saturated rings. The van der Waals surface area contributed by atoms with Gasteiger partial charge in [-0.3, -0.25) is 0 Å². The molecular formula is C20H16N2OS2. The summed E-state index contributed by atoms with van der Waals surface area (Å²) in [4.78, 5) is 9.51. The van der Waals surface area contributed by atoms with E-state index in [0.29, 0.717) is 0 Å². The minimum absolute atomic E-state index is 0.776. The van der Waals surface area contributed by atoms with Crippen molar-refractivity contribution in [2.75, 3.05) is 7.11 Å². The van der Waals surface area contributed by atoms with E-state index in [-0.39, 0.29) is 0 Å². The van der Waals surface area contributed by atoms with Gasteiger partial charge in [0.2, 0.25) is 0 Å². The molecule has 0 radical (unpaired) electrons. The van der Waals surface area contributed by atoms with Crippen LogP contribution in [0.5, 0.6) is 5.75 Å². The van der Waals surface area contributed by atoms with Crippen LogP contribution >= 0.6 is 22.7 Å². The van der Waals surface area contributed by atoms with Crippen molar-refractivity contribution in [2.45, 2.75) is 6.42 Å². The molecule has 0 atom stereocenters. The fourth-order valence-electron chi connectivity index (χ4n) is 2.55. The van der Waals surface area contributed by atoms with Gasteiger partial charge in [0.1, 0.15) is 15.8 Å². The number of methoxy groups -OCH3 is 1. The topological polar surface area (TPSA) is 35.0 Å². The Hall–Kier alpha value is -2.50. The highest BCUT2D eigenvalue weighted by molar-refractivity contribution is 7.11. The van der Waals surface area contributed by atoms with Crippen molar-refractivity contribution in [1.82, 2.24) is 9.97 Å². The summed E-state index contributed by atoms with van der Waals surface area (Å²) in [6, 6.07) is 18.3. The first-order chi connectivity index (χ1) is 12.3. The van der Waals surface area contributed by atoms with Gasteiger partial charge in [-0.25, -0.2) is 9.97 Å². The quantitative estimate of drug-likeness (QED) is 0.467. The third-order valence-corrected chi connectivity index (χ3v) is 5.56. The molecule has 0 aliphatic carbocycles. The first-order valence-electron chi connectivity index (χ1n) is 7.90. The SMILES string of the molecule is COc1ccc(-c2csc(Cc3nc(-c4ccccc4)cs3)n2)cc1. The molecule has 0 amide bonds. The first-order valence-corrected chi connectivity index (χ1v) is 9.66. The Bertz CT molecular complexity index is 959. The Morgan fingerprint density at radius 2 is 1.32 bits per heavy atom. The van der Waals surface area contributed by atoms with Gasteiger partial charge in [0.15, 0.2) is 0 Å². The smallest absolute Gasteiger partial charge is 0.118 e. The largest absolute Gasteiger partial charge is 0.497 e. The molecule has 0 aliphatic rings. The molecule has 4 rings (SSSR count). The molecule has 4 aromatic rings. The van der Waals surface area contributed by atoms with Gasteiger partial charge >= 0.3 is 0 Å². The van der Waals surface area contributed by atoms with E-state index in [1.807, 2.05) is 42.5 Å². The normalized spacial score (nSPS) is 10.8. The zero-order valence-corrected chi connectivity index (χ0v) is 15.3. The Morgan fingerprint density at radius 1 is 0.760 bits per heavy atom. The number of rotatable bonds is 5. The molecule has 2 heterocycles.